The summed E-state index contributed by atoms with van der Waals surface area (Å²) in [7, 11) is 0. The van der Waals surface area contributed by atoms with Crippen LogP contribution < -0.4 is 0 Å². The van der Waals surface area contributed by atoms with Gasteiger partial charge in [-0.05, 0) is 42.8 Å². The number of nitro groups is 1. The number of nitro benzene ring substituents is 1. The van der Waals surface area contributed by atoms with Gasteiger partial charge in [0.05, 0.1) is 16.6 Å². The molecule has 0 saturated carbocycles. The van der Waals surface area contributed by atoms with E-state index in [1.807, 2.05) is 19.1 Å². The van der Waals surface area contributed by atoms with Crippen LogP contribution in [0.2, 0.25) is 0 Å². The fourth-order valence-electron chi connectivity index (χ4n) is 1.62. The Kier molecular flexibility index (Phi) is 3.74. The van der Waals surface area contributed by atoms with Gasteiger partial charge in [0.2, 0.25) is 0 Å². The topological polar surface area (TPSA) is 66.9 Å². The minimum atomic E-state index is -0.456. The summed E-state index contributed by atoms with van der Waals surface area (Å²) in [4.78, 5) is 12.3. The smallest absolute Gasteiger partial charge is 0.258 e. The molecule has 0 saturated heterocycles. The number of non-ortho nitro benzene ring substituents is 1. The molecule has 0 N–H and O–H groups in total. The van der Waals surface area contributed by atoms with Gasteiger partial charge in [-0.1, -0.05) is 0 Å². The summed E-state index contributed by atoms with van der Waals surface area (Å²) in [6.45, 7) is 2.00. The molecule has 2 rings (SSSR count). The van der Waals surface area contributed by atoms with Crippen molar-refractivity contribution >= 4 is 28.7 Å². The summed E-state index contributed by atoms with van der Waals surface area (Å²) in [5.74, 6) is 0. The van der Waals surface area contributed by atoms with E-state index >= 15 is 0 Å². The first-order chi connectivity index (χ1) is 9.10. The first-order valence-corrected chi connectivity index (χ1v) is 6.35. The lowest BCUT2D eigenvalue weighted by Gasteiger charge is -1.98. The molecular formula is C14H10N2O2S. The Labute approximate surface area is 114 Å². The van der Waals surface area contributed by atoms with E-state index < -0.39 is 4.92 Å². The van der Waals surface area contributed by atoms with Crippen LogP contribution in [0.5, 0.6) is 0 Å². The second-order valence-electron chi connectivity index (χ2n) is 3.92. The van der Waals surface area contributed by atoms with Crippen molar-refractivity contribution in [3.8, 4) is 6.07 Å². The molecule has 0 fully saturated rings. The van der Waals surface area contributed by atoms with E-state index in [1.165, 1.54) is 17.0 Å². The molecule has 19 heavy (non-hydrogen) atoms. The van der Waals surface area contributed by atoms with Crippen LogP contribution in [0.25, 0.3) is 11.6 Å². The molecule has 0 radical (unpaired) electrons. The van der Waals surface area contributed by atoms with Gasteiger partial charge in [-0.15, -0.1) is 11.3 Å². The van der Waals surface area contributed by atoms with E-state index in [-0.39, 0.29) is 5.69 Å². The van der Waals surface area contributed by atoms with Gasteiger partial charge in [0, 0.05) is 21.9 Å². The van der Waals surface area contributed by atoms with Crippen molar-refractivity contribution in [2.24, 2.45) is 0 Å². The van der Waals surface area contributed by atoms with Gasteiger partial charge in [-0.2, -0.15) is 5.26 Å². The van der Waals surface area contributed by atoms with Crippen LogP contribution in [0.3, 0.4) is 0 Å². The van der Waals surface area contributed by atoms with Crippen molar-refractivity contribution in [2.75, 3.05) is 0 Å². The van der Waals surface area contributed by atoms with Crippen LogP contribution in [0, 0.1) is 28.4 Å². The number of nitriles is 1. The van der Waals surface area contributed by atoms with Gasteiger partial charge in [-0.3, -0.25) is 10.1 Å². The zero-order valence-corrected chi connectivity index (χ0v) is 11.0. The van der Waals surface area contributed by atoms with Crippen molar-refractivity contribution < 1.29 is 4.92 Å². The third-order valence-electron chi connectivity index (χ3n) is 2.56. The van der Waals surface area contributed by atoms with E-state index in [1.54, 1.807) is 29.5 Å². The Morgan fingerprint density at radius 2 is 2.00 bits per heavy atom. The Morgan fingerprint density at radius 3 is 2.47 bits per heavy atom. The number of thiophene rings is 1. The van der Waals surface area contributed by atoms with Gasteiger partial charge in [0.25, 0.3) is 5.69 Å². The molecule has 1 heterocycles. The highest BCUT2D eigenvalue weighted by atomic mass is 32.1. The molecule has 0 atom stereocenters. The molecule has 4 nitrogen and oxygen atoms in total. The Morgan fingerprint density at radius 1 is 1.32 bits per heavy atom. The van der Waals surface area contributed by atoms with Crippen molar-refractivity contribution in [2.45, 2.75) is 6.92 Å². The molecule has 1 aromatic heterocycles. The molecule has 94 valence electrons. The minimum Gasteiger partial charge on any atom is -0.258 e. The van der Waals surface area contributed by atoms with Crippen LogP contribution in [0.15, 0.2) is 36.4 Å². The second-order valence-corrected chi connectivity index (χ2v) is 5.24. The first kappa shape index (κ1) is 13.0. The van der Waals surface area contributed by atoms with Gasteiger partial charge in [0.1, 0.15) is 0 Å². The molecule has 0 bridgehead atoms. The van der Waals surface area contributed by atoms with E-state index in [2.05, 4.69) is 6.07 Å². The Hall–Kier alpha value is -2.45. The minimum absolute atomic E-state index is 0.0213. The third kappa shape index (κ3) is 3.06. The summed E-state index contributed by atoms with van der Waals surface area (Å²) in [6, 6.07) is 12.0. The molecule has 0 spiro atoms. The molecule has 1 aromatic carbocycles. The highest BCUT2D eigenvalue weighted by Crippen LogP contribution is 2.24. The van der Waals surface area contributed by atoms with Gasteiger partial charge >= 0.3 is 0 Å². The van der Waals surface area contributed by atoms with Crippen LogP contribution >= 0.6 is 11.3 Å². The summed E-state index contributed by atoms with van der Waals surface area (Å²) in [5, 5.41) is 19.8. The zero-order chi connectivity index (χ0) is 13.8. The van der Waals surface area contributed by atoms with Gasteiger partial charge in [-0.25, -0.2) is 0 Å². The molecule has 0 aliphatic heterocycles. The lowest BCUT2D eigenvalue weighted by atomic mass is 10.1. The molecule has 2 aromatic rings. The predicted octanol–water partition coefficient (Wildman–Crippen LogP) is 4.03. The number of aryl methyl sites for hydroxylation is 1. The van der Waals surface area contributed by atoms with Crippen LogP contribution in [-0.4, -0.2) is 4.92 Å². The molecule has 0 amide bonds. The molecule has 0 aliphatic carbocycles. The summed E-state index contributed by atoms with van der Waals surface area (Å²) in [5.41, 5.74) is 1.20. The first-order valence-electron chi connectivity index (χ1n) is 5.53. The van der Waals surface area contributed by atoms with Crippen molar-refractivity contribution in [3.63, 3.8) is 0 Å². The maximum atomic E-state index is 10.6. The summed E-state index contributed by atoms with van der Waals surface area (Å²) >= 11 is 1.60. The third-order valence-corrected chi connectivity index (χ3v) is 3.51. The number of hydrogen-bond donors (Lipinski definition) is 0. The van der Waals surface area contributed by atoms with Crippen LogP contribution in [-0.2, 0) is 0 Å². The number of benzene rings is 1. The van der Waals surface area contributed by atoms with E-state index in [4.69, 9.17) is 0 Å². The van der Waals surface area contributed by atoms with Crippen molar-refractivity contribution in [1.29, 1.82) is 5.26 Å². The lowest BCUT2D eigenvalue weighted by molar-refractivity contribution is -0.384. The maximum absolute atomic E-state index is 10.6. The standard InChI is InChI=1S/C14H10N2O2S/c1-10-2-7-14(19-10)8-12(9-15)11-3-5-13(6-4-11)16(17)18/h2-8H,1H3/b12-8+. The molecule has 5 heteroatoms. The Bertz CT molecular complexity index is 678. The zero-order valence-electron chi connectivity index (χ0n) is 10.2. The molecule has 0 aliphatic rings. The van der Waals surface area contributed by atoms with Gasteiger partial charge < -0.3 is 0 Å². The second kappa shape index (κ2) is 5.46. The van der Waals surface area contributed by atoms with Crippen LogP contribution in [0.4, 0.5) is 5.69 Å². The quantitative estimate of drug-likeness (QED) is 0.480. The Balaban J connectivity index is 2.35. The van der Waals surface area contributed by atoms with E-state index in [0.29, 0.717) is 11.1 Å². The van der Waals surface area contributed by atoms with Crippen LogP contribution in [0.1, 0.15) is 15.3 Å². The normalized spacial score (nSPS) is 11.1. The monoisotopic (exact) mass is 270 g/mol. The fourth-order valence-corrected chi connectivity index (χ4v) is 2.44. The highest BCUT2D eigenvalue weighted by molar-refractivity contribution is 7.12. The van der Waals surface area contributed by atoms with E-state index in [0.717, 1.165) is 4.88 Å². The number of nitrogens with zero attached hydrogens (tertiary/aromatic N) is 2. The predicted molar refractivity (Wildman–Crippen MR) is 75.6 cm³/mol. The summed E-state index contributed by atoms with van der Waals surface area (Å²) < 4.78 is 0. The number of rotatable bonds is 3. The van der Waals surface area contributed by atoms with Gasteiger partial charge in [0.15, 0.2) is 0 Å². The lowest BCUT2D eigenvalue weighted by Crippen LogP contribution is -1.88. The average Bonchev–Trinajstić information content (AvgIpc) is 2.81. The average molecular weight is 270 g/mol. The maximum Gasteiger partial charge on any atom is 0.269 e. The largest absolute Gasteiger partial charge is 0.269 e. The molecule has 0 unspecified atom stereocenters. The summed E-state index contributed by atoms with van der Waals surface area (Å²) in [6.07, 6.45) is 1.79. The number of allylic oxidation sites excluding steroid dienone is 1. The van der Waals surface area contributed by atoms with Crippen molar-refractivity contribution in [3.05, 3.63) is 61.8 Å². The van der Waals surface area contributed by atoms with Crippen molar-refractivity contribution in [1.82, 2.24) is 0 Å². The van der Waals surface area contributed by atoms with E-state index in [9.17, 15) is 15.4 Å². The number of hydrogen-bond acceptors (Lipinski definition) is 4. The SMILES string of the molecule is Cc1ccc(/C=C(\C#N)c2ccc([N+](=O)[O-])cc2)s1. The highest BCUT2D eigenvalue weighted by Gasteiger charge is 2.07. The molecular weight excluding hydrogens is 260 g/mol. The fraction of sp³-hybridized carbons (Fsp3) is 0.0714.